The number of methoxy groups -OCH3 is 2. The van der Waals surface area contributed by atoms with Crippen molar-refractivity contribution in [1.82, 2.24) is 5.32 Å². The number of carbonyl (C=O) groups excluding carboxylic acids is 4. The smallest absolute Gasteiger partial charge is 0.328 e. The van der Waals surface area contributed by atoms with Crippen LogP contribution in [-0.2, 0) is 14.3 Å². The molecule has 2 rings (SSSR count). The van der Waals surface area contributed by atoms with Crippen LogP contribution in [-0.4, -0.2) is 49.5 Å². The molecule has 0 unspecified atom stereocenters. The molecular formula is C20H23NO6S. The molecule has 0 saturated heterocycles. The van der Waals surface area contributed by atoms with Crippen LogP contribution in [0.2, 0.25) is 0 Å². The normalized spacial score (nSPS) is 14.2. The SMILES string of the molecule is COC(=O)[C@H](CC(C)C)NC(=O)CSC1=CC(=O)c2cccc(OC)c2C1=O. The lowest BCUT2D eigenvalue weighted by Crippen LogP contribution is -2.43. The Morgan fingerprint density at radius 3 is 2.50 bits per heavy atom. The van der Waals surface area contributed by atoms with E-state index in [4.69, 9.17) is 9.47 Å². The second-order valence-corrected chi connectivity index (χ2v) is 7.66. The van der Waals surface area contributed by atoms with E-state index in [1.807, 2.05) is 13.8 Å². The summed E-state index contributed by atoms with van der Waals surface area (Å²) < 4.78 is 9.91. The largest absolute Gasteiger partial charge is 0.496 e. The lowest BCUT2D eigenvalue weighted by molar-refractivity contribution is -0.145. The lowest BCUT2D eigenvalue weighted by atomic mass is 9.94. The molecule has 0 bridgehead atoms. The third-order valence-corrected chi connectivity index (χ3v) is 5.13. The van der Waals surface area contributed by atoms with E-state index in [0.29, 0.717) is 12.2 Å². The number of ether oxygens (including phenoxy) is 2. The second-order valence-electron chi connectivity index (χ2n) is 6.65. The maximum absolute atomic E-state index is 12.7. The molecule has 0 saturated carbocycles. The molecule has 1 amide bonds. The summed E-state index contributed by atoms with van der Waals surface area (Å²) in [5, 5.41) is 2.62. The molecule has 0 heterocycles. The van der Waals surface area contributed by atoms with Crippen molar-refractivity contribution in [1.29, 1.82) is 0 Å². The fourth-order valence-electron chi connectivity index (χ4n) is 2.84. The summed E-state index contributed by atoms with van der Waals surface area (Å²) in [5.41, 5.74) is 0.480. The third kappa shape index (κ3) is 5.01. The predicted octanol–water partition coefficient (Wildman–Crippen LogP) is 2.40. The number of amides is 1. The van der Waals surface area contributed by atoms with Gasteiger partial charge in [0.15, 0.2) is 5.78 Å². The molecular weight excluding hydrogens is 382 g/mol. The van der Waals surface area contributed by atoms with E-state index >= 15 is 0 Å². The number of fused-ring (bicyclic) bond motifs is 1. The van der Waals surface area contributed by atoms with Gasteiger partial charge >= 0.3 is 5.97 Å². The minimum absolute atomic E-state index is 0.110. The van der Waals surface area contributed by atoms with Crippen LogP contribution in [0.1, 0.15) is 41.0 Å². The monoisotopic (exact) mass is 405 g/mol. The van der Waals surface area contributed by atoms with Crippen LogP contribution in [0, 0.1) is 5.92 Å². The van der Waals surface area contributed by atoms with Gasteiger partial charge in [-0.05, 0) is 18.4 Å². The van der Waals surface area contributed by atoms with Crippen LogP contribution in [0.25, 0.3) is 0 Å². The molecule has 8 heteroatoms. The summed E-state index contributed by atoms with van der Waals surface area (Å²) in [5.74, 6) is -1.24. The highest BCUT2D eigenvalue weighted by atomic mass is 32.2. The Hall–Kier alpha value is -2.61. The highest BCUT2D eigenvalue weighted by Gasteiger charge is 2.30. The number of hydrogen-bond donors (Lipinski definition) is 1. The molecule has 1 aliphatic rings. The number of esters is 1. The Morgan fingerprint density at radius 1 is 1.18 bits per heavy atom. The van der Waals surface area contributed by atoms with Gasteiger partial charge < -0.3 is 14.8 Å². The number of Topliss-reactive ketones (excluding diaryl/α,β-unsaturated/α-hetero) is 1. The Labute approximate surface area is 167 Å². The van der Waals surface area contributed by atoms with Crippen molar-refractivity contribution in [2.24, 2.45) is 5.92 Å². The molecule has 1 aromatic rings. The molecule has 28 heavy (non-hydrogen) atoms. The van der Waals surface area contributed by atoms with Crippen molar-refractivity contribution in [2.75, 3.05) is 20.0 Å². The summed E-state index contributed by atoms with van der Waals surface area (Å²) in [6.07, 6.45) is 1.67. The zero-order chi connectivity index (χ0) is 20.8. The van der Waals surface area contributed by atoms with Crippen molar-refractivity contribution in [3.8, 4) is 5.75 Å². The van der Waals surface area contributed by atoms with Crippen LogP contribution in [0.15, 0.2) is 29.2 Å². The molecule has 7 nitrogen and oxygen atoms in total. The van der Waals surface area contributed by atoms with Gasteiger partial charge in [0.25, 0.3) is 0 Å². The van der Waals surface area contributed by atoms with Crippen LogP contribution in [0.5, 0.6) is 5.75 Å². The van der Waals surface area contributed by atoms with E-state index < -0.39 is 17.9 Å². The maximum Gasteiger partial charge on any atom is 0.328 e. The summed E-state index contributed by atoms with van der Waals surface area (Å²) in [6, 6.07) is 4.06. The van der Waals surface area contributed by atoms with Crippen molar-refractivity contribution >= 4 is 35.2 Å². The molecule has 1 N–H and O–H groups in total. The van der Waals surface area contributed by atoms with Gasteiger partial charge in [-0.1, -0.05) is 26.0 Å². The highest BCUT2D eigenvalue weighted by Crippen LogP contribution is 2.33. The van der Waals surface area contributed by atoms with Crippen LogP contribution < -0.4 is 10.1 Å². The van der Waals surface area contributed by atoms with Gasteiger partial charge in [0.2, 0.25) is 11.7 Å². The molecule has 0 radical (unpaired) electrons. The Bertz CT molecular complexity index is 830. The van der Waals surface area contributed by atoms with Gasteiger partial charge in [-0.3, -0.25) is 14.4 Å². The first-order valence-corrected chi connectivity index (χ1v) is 9.74. The Balaban J connectivity index is 2.08. The van der Waals surface area contributed by atoms with Gasteiger partial charge in [0.05, 0.1) is 30.4 Å². The molecule has 0 aliphatic heterocycles. The average molecular weight is 405 g/mol. The third-order valence-electron chi connectivity index (χ3n) is 4.11. The van der Waals surface area contributed by atoms with E-state index in [0.717, 1.165) is 11.8 Å². The van der Waals surface area contributed by atoms with Gasteiger partial charge in [-0.2, -0.15) is 0 Å². The van der Waals surface area contributed by atoms with Crippen molar-refractivity contribution in [2.45, 2.75) is 26.3 Å². The lowest BCUT2D eigenvalue weighted by Gasteiger charge is -2.19. The first-order valence-electron chi connectivity index (χ1n) is 8.76. The number of carbonyl (C=O) groups is 4. The van der Waals surface area contributed by atoms with Gasteiger partial charge in [0, 0.05) is 11.6 Å². The van der Waals surface area contributed by atoms with E-state index in [1.54, 1.807) is 18.2 Å². The molecule has 0 fully saturated rings. The number of benzene rings is 1. The first-order chi connectivity index (χ1) is 13.3. The quantitative estimate of drug-likeness (QED) is 0.663. The first kappa shape index (κ1) is 21.7. The van der Waals surface area contributed by atoms with Crippen molar-refractivity contribution in [3.05, 3.63) is 40.3 Å². The molecule has 1 atom stereocenters. The number of ketones is 2. The Kier molecular flexibility index (Phi) is 7.39. The topological polar surface area (TPSA) is 98.8 Å². The predicted molar refractivity (Wildman–Crippen MR) is 106 cm³/mol. The standard InChI is InChI=1S/C20H23NO6S/c1-11(2)8-13(20(25)27-4)21-17(23)10-28-16-9-14(22)12-6-5-7-15(26-3)18(12)19(16)24/h5-7,9,11,13H,8,10H2,1-4H3,(H,21,23)/t13-/m0/s1. The van der Waals surface area contributed by atoms with Crippen LogP contribution in [0.3, 0.4) is 0 Å². The average Bonchev–Trinajstić information content (AvgIpc) is 2.67. The minimum atomic E-state index is -0.753. The van der Waals surface area contributed by atoms with Crippen molar-refractivity contribution < 1.29 is 28.7 Å². The van der Waals surface area contributed by atoms with E-state index in [9.17, 15) is 19.2 Å². The van der Waals surface area contributed by atoms with E-state index in [2.05, 4.69) is 5.32 Å². The fourth-order valence-corrected chi connectivity index (χ4v) is 3.63. The molecule has 150 valence electrons. The Morgan fingerprint density at radius 2 is 1.89 bits per heavy atom. The number of allylic oxidation sites excluding steroid dienone is 2. The van der Waals surface area contributed by atoms with Crippen molar-refractivity contribution in [3.63, 3.8) is 0 Å². The zero-order valence-corrected chi connectivity index (χ0v) is 17.1. The van der Waals surface area contributed by atoms with E-state index in [1.165, 1.54) is 20.3 Å². The molecule has 0 aromatic heterocycles. The van der Waals surface area contributed by atoms with Crippen LogP contribution >= 0.6 is 11.8 Å². The van der Waals surface area contributed by atoms with Crippen LogP contribution in [0.4, 0.5) is 0 Å². The maximum atomic E-state index is 12.7. The minimum Gasteiger partial charge on any atom is -0.496 e. The number of nitrogens with one attached hydrogen (secondary N) is 1. The van der Waals surface area contributed by atoms with Gasteiger partial charge in [-0.15, -0.1) is 11.8 Å². The molecule has 1 aliphatic carbocycles. The molecule has 1 aromatic carbocycles. The summed E-state index contributed by atoms with van der Waals surface area (Å²) >= 11 is 0.951. The second kappa shape index (κ2) is 9.54. The number of thioether (sulfide) groups is 1. The number of rotatable bonds is 8. The van der Waals surface area contributed by atoms with Gasteiger partial charge in [0.1, 0.15) is 11.8 Å². The van der Waals surface area contributed by atoms with Gasteiger partial charge in [-0.25, -0.2) is 4.79 Å². The summed E-state index contributed by atoms with van der Waals surface area (Å²) in [6.45, 7) is 3.86. The van der Waals surface area contributed by atoms with E-state index in [-0.39, 0.29) is 39.3 Å². The highest BCUT2D eigenvalue weighted by molar-refractivity contribution is 8.04. The zero-order valence-electron chi connectivity index (χ0n) is 16.2. The summed E-state index contributed by atoms with van der Waals surface area (Å²) in [7, 11) is 2.69. The fraction of sp³-hybridized carbons (Fsp3) is 0.400. The number of hydrogen-bond acceptors (Lipinski definition) is 7. The molecule has 0 spiro atoms. The summed E-state index contributed by atoms with van der Waals surface area (Å²) in [4.78, 5) is 49.3.